The number of nitrogens with zero attached hydrogens (tertiary/aromatic N) is 2. The number of nitro groups is 1. The maximum Gasteiger partial charge on any atom is 0.412 e. The molecule has 0 saturated heterocycles. The first-order valence-corrected chi connectivity index (χ1v) is 12.0. The number of carbonyl (C=O) groups is 2. The number of amides is 2. The molecule has 1 aromatic rings. The van der Waals surface area contributed by atoms with Crippen LogP contribution in [0.3, 0.4) is 0 Å². The van der Waals surface area contributed by atoms with E-state index >= 15 is 0 Å². The number of nitrogens with one attached hydrogen (secondary N) is 1. The van der Waals surface area contributed by atoms with E-state index in [0.717, 1.165) is 38.5 Å². The van der Waals surface area contributed by atoms with Crippen molar-refractivity contribution < 1.29 is 19.2 Å². The highest BCUT2D eigenvalue weighted by Gasteiger charge is 2.55. The fourth-order valence-electron chi connectivity index (χ4n) is 7.14. The van der Waals surface area contributed by atoms with Crippen molar-refractivity contribution in [2.24, 2.45) is 16.7 Å². The number of benzene rings is 1. The van der Waals surface area contributed by atoms with E-state index in [1.807, 2.05) is 11.9 Å². The summed E-state index contributed by atoms with van der Waals surface area (Å²) in [6.45, 7) is 4.56. The van der Waals surface area contributed by atoms with E-state index in [1.165, 1.54) is 35.4 Å². The van der Waals surface area contributed by atoms with Crippen molar-refractivity contribution in [1.82, 2.24) is 10.2 Å². The van der Waals surface area contributed by atoms with Gasteiger partial charge in [-0.25, -0.2) is 4.79 Å². The van der Waals surface area contributed by atoms with Crippen LogP contribution in [0, 0.1) is 26.9 Å². The van der Waals surface area contributed by atoms with Gasteiger partial charge in [0.15, 0.2) is 0 Å². The van der Waals surface area contributed by atoms with Crippen molar-refractivity contribution in [2.75, 3.05) is 7.05 Å². The first-order valence-electron chi connectivity index (χ1n) is 12.0. The average Bonchev–Trinajstić information content (AvgIpc) is 3.13. The lowest BCUT2D eigenvalue weighted by atomic mass is 9.54. The molecule has 1 aliphatic heterocycles. The summed E-state index contributed by atoms with van der Waals surface area (Å²) < 4.78 is 5.42. The fraction of sp³-hybridized carbons (Fsp3) is 0.538. The van der Waals surface area contributed by atoms with Crippen LogP contribution in [0.25, 0.3) is 0 Å². The van der Waals surface area contributed by atoms with Crippen LogP contribution < -0.4 is 10.1 Å². The monoisotopic (exact) mass is 465 g/mol. The number of hydrogen-bond donors (Lipinski definition) is 1. The summed E-state index contributed by atoms with van der Waals surface area (Å²) >= 11 is 0. The van der Waals surface area contributed by atoms with Gasteiger partial charge in [0.1, 0.15) is 5.75 Å². The number of carbonyl (C=O) groups excluding carboxylic acids is 2. The summed E-state index contributed by atoms with van der Waals surface area (Å²) in [6.07, 6.45) is 9.17. The van der Waals surface area contributed by atoms with Crippen LogP contribution in [-0.4, -0.2) is 41.0 Å². The second kappa shape index (κ2) is 7.96. The van der Waals surface area contributed by atoms with Crippen LogP contribution in [0.15, 0.2) is 47.6 Å². The Balaban J connectivity index is 1.33. The Labute approximate surface area is 199 Å². The lowest BCUT2D eigenvalue weighted by molar-refractivity contribution is -0.384. The van der Waals surface area contributed by atoms with Gasteiger partial charge in [-0.2, -0.15) is 0 Å². The molecule has 1 heterocycles. The maximum absolute atomic E-state index is 12.7. The first-order chi connectivity index (χ1) is 16.1. The number of likely N-dealkylation sites (N-methyl/N-ethyl adjacent to an activating group) is 1. The van der Waals surface area contributed by atoms with E-state index in [9.17, 15) is 19.7 Å². The smallest absolute Gasteiger partial charge is 0.410 e. The second-order valence-corrected chi connectivity index (χ2v) is 10.6. The Morgan fingerprint density at radius 1 is 1.18 bits per heavy atom. The van der Waals surface area contributed by atoms with Crippen LogP contribution in [0.1, 0.15) is 52.4 Å². The van der Waals surface area contributed by atoms with Gasteiger partial charge < -0.3 is 15.0 Å². The first kappa shape index (κ1) is 22.6. The van der Waals surface area contributed by atoms with E-state index in [0.29, 0.717) is 5.92 Å². The normalized spacial score (nSPS) is 34.3. The second-order valence-electron chi connectivity index (χ2n) is 10.6. The van der Waals surface area contributed by atoms with Crippen LogP contribution in [0.2, 0.25) is 0 Å². The van der Waals surface area contributed by atoms with E-state index in [2.05, 4.69) is 25.2 Å². The molecule has 0 bridgehead atoms. The molecule has 0 aromatic heterocycles. The lowest BCUT2D eigenvalue weighted by Gasteiger charge is -2.55. The van der Waals surface area contributed by atoms with Crippen molar-refractivity contribution in [3.05, 3.63) is 57.7 Å². The highest BCUT2D eigenvalue weighted by Crippen LogP contribution is 2.60. The minimum Gasteiger partial charge on any atom is -0.410 e. The number of non-ortho nitro benzene ring substituents is 1. The quantitative estimate of drug-likeness (QED) is 0.394. The predicted octanol–water partition coefficient (Wildman–Crippen LogP) is 4.76. The molecule has 4 aliphatic rings. The summed E-state index contributed by atoms with van der Waals surface area (Å²) in [6, 6.07) is 5.74. The average molecular weight is 466 g/mol. The summed E-state index contributed by atoms with van der Waals surface area (Å²) in [5.41, 5.74) is 2.81. The number of fused-ring (bicyclic) bond motifs is 4. The summed E-state index contributed by atoms with van der Waals surface area (Å²) in [7, 11) is 1.92. The molecule has 180 valence electrons. The number of rotatable bonds is 3. The van der Waals surface area contributed by atoms with Gasteiger partial charge in [0.25, 0.3) is 5.69 Å². The molecule has 0 spiro atoms. The van der Waals surface area contributed by atoms with Gasteiger partial charge in [0.05, 0.1) is 4.92 Å². The topological polar surface area (TPSA) is 102 Å². The highest BCUT2D eigenvalue weighted by atomic mass is 16.6. The lowest BCUT2D eigenvalue weighted by Crippen LogP contribution is -2.56. The van der Waals surface area contributed by atoms with Gasteiger partial charge in [-0.3, -0.25) is 14.9 Å². The van der Waals surface area contributed by atoms with Gasteiger partial charge in [-0.15, -0.1) is 0 Å². The molecular formula is C26H31N3O5. The molecule has 5 rings (SSSR count). The Kier molecular flexibility index (Phi) is 5.30. The number of hydrogen-bond acceptors (Lipinski definition) is 5. The van der Waals surface area contributed by atoms with Crippen LogP contribution >= 0.6 is 0 Å². The molecule has 2 fully saturated rings. The largest absolute Gasteiger partial charge is 0.412 e. The molecule has 0 radical (unpaired) electrons. The zero-order valence-electron chi connectivity index (χ0n) is 19.9. The predicted molar refractivity (Wildman–Crippen MR) is 126 cm³/mol. The molecule has 2 unspecified atom stereocenters. The van der Waals surface area contributed by atoms with E-state index in [-0.39, 0.29) is 40.3 Å². The standard InChI is InChI=1S/C26H31N3O5/c1-25-14-12-20-18(8-11-22-26(20,2)15-13-23(30)28(22)3)19(25)9-10-21(25)27-24(31)34-17-6-4-16(5-7-17)29(32)33/h4-7,13,15,20-22H,8-12,14H2,1-3H3,(H,27,31)/t20?,21-,22?,25-,26+/m0/s1. The van der Waals surface area contributed by atoms with E-state index in [4.69, 9.17) is 4.74 Å². The molecule has 1 aromatic carbocycles. The van der Waals surface area contributed by atoms with Crippen molar-refractivity contribution in [2.45, 2.75) is 64.5 Å². The van der Waals surface area contributed by atoms with Gasteiger partial charge in [-0.1, -0.05) is 31.1 Å². The van der Waals surface area contributed by atoms with Gasteiger partial charge in [0.2, 0.25) is 5.91 Å². The summed E-state index contributed by atoms with van der Waals surface area (Å²) in [4.78, 5) is 37.2. The maximum atomic E-state index is 12.7. The molecule has 34 heavy (non-hydrogen) atoms. The molecule has 8 nitrogen and oxygen atoms in total. The number of nitro benzene ring substituents is 1. The number of allylic oxidation sites excluding steroid dienone is 1. The van der Waals surface area contributed by atoms with Crippen LogP contribution in [-0.2, 0) is 4.79 Å². The summed E-state index contributed by atoms with van der Waals surface area (Å²) in [5, 5.41) is 13.9. The number of ether oxygens (including phenoxy) is 1. The Morgan fingerprint density at radius 3 is 2.62 bits per heavy atom. The van der Waals surface area contributed by atoms with E-state index in [1.54, 1.807) is 6.08 Å². The molecule has 5 atom stereocenters. The van der Waals surface area contributed by atoms with Crippen molar-refractivity contribution in [1.29, 1.82) is 0 Å². The Morgan fingerprint density at radius 2 is 1.91 bits per heavy atom. The third kappa shape index (κ3) is 3.42. The zero-order valence-corrected chi connectivity index (χ0v) is 19.9. The third-order valence-electron chi connectivity index (χ3n) is 9.01. The van der Waals surface area contributed by atoms with Crippen molar-refractivity contribution in [3.63, 3.8) is 0 Å². The molecule has 8 heteroatoms. The summed E-state index contributed by atoms with van der Waals surface area (Å²) in [5.74, 6) is 0.797. The Bertz CT molecular complexity index is 1110. The SMILES string of the molecule is CN1C(=O)C=C[C@]2(C)C3CC[C@@]4(C)C(=C3CCC12)CC[C@@H]4NC(=O)Oc1ccc([N+](=O)[O-])cc1. The Hall–Kier alpha value is -3.16. The van der Waals surface area contributed by atoms with Gasteiger partial charge in [0, 0.05) is 42.1 Å². The highest BCUT2D eigenvalue weighted by molar-refractivity contribution is 5.89. The van der Waals surface area contributed by atoms with Crippen LogP contribution in [0.5, 0.6) is 5.75 Å². The molecule has 2 saturated carbocycles. The fourth-order valence-corrected chi connectivity index (χ4v) is 7.14. The van der Waals surface area contributed by atoms with E-state index < -0.39 is 11.0 Å². The van der Waals surface area contributed by atoms with Crippen molar-refractivity contribution in [3.8, 4) is 5.75 Å². The molecular weight excluding hydrogens is 434 g/mol. The van der Waals surface area contributed by atoms with Gasteiger partial charge >= 0.3 is 6.09 Å². The molecule has 3 aliphatic carbocycles. The van der Waals surface area contributed by atoms with Crippen LogP contribution in [0.4, 0.5) is 10.5 Å². The third-order valence-corrected chi connectivity index (χ3v) is 9.01. The minimum atomic E-state index is -0.528. The molecule has 1 N–H and O–H groups in total. The van der Waals surface area contributed by atoms with Gasteiger partial charge in [-0.05, 0) is 62.7 Å². The molecule has 2 amide bonds. The van der Waals surface area contributed by atoms with Crippen molar-refractivity contribution >= 4 is 17.7 Å². The zero-order chi connectivity index (χ0) is 24.3. The minimum absolute atomic E-state index is 0.0156.